The molecule has 0 radical (unpaired) electrons. The average molecular weight is 502 g/mol. The van der Waals surface area contributed by atoms with E-state index in [1.54, 1.807) is 4.90 Å². The molecule has 0 amide bonds. The van der Waals surface area contributed by atoms with E-state index in [-0.39, 0.29) is 13.0 Å². The number of anilines is 1. The summed E-state index contributed by atoms with van der Waals surface area (Å²) in [4.78, 5) is 1.78. The molecular formula is C33H53F2N. The lowest BCUT2D eigenvalue weighted by Gasteiger charge is -2.20. The van der Waals surface area contributed by atoms with E-state index in [0.29, 0.717) is 17.9 Å². The van der Waals surface area contributed by atoms with E-state index in [4.69, 9.17) is 0 Å². The first kappa shape index (κ1) is 33.8. The van der Waals surface area contributed by atoms with Crippen LogP contribution in [0.2, 0.25) is 0 Å². The van der Waals surface area contributed by atoms with Crippen LogP contribution in [0, 0.1) is 11.3 Å². The van der Waals surface area contributed by atoms with Crippen molar-refractivity contribution in [3.63, 3.8) is 0 Å². The van der Waals surface area contributed by atoms with Gasteiger partial charge in [-0.2, -0.15) is 0 Å². The third-order valence-electron chi connectivity index (χ3n) is 5.60. The first-order chi connectivity index (χ1) is 17.0. The molecule has 1 fully saturated rings. The number of alkyl halides is 2. The number of halogens is 2. The van der Waals surface area contributed by atoms with Crippen LogP contribution in [0.1, 0.15) is 92.7 Å². The molecule has 1 atom stereocenters. The van der Waals surface area contributed by atoms with E-state index >= 15 is 0 Å². The minimum absolute atomic E-state index is 0.0477. The Kier molecular flexibility index (Phi) is 16.3. The zero-order valence-corrected chi connectivity index (χ0v) is 24.6. The van der Waals surface area contributed by atoms with Crippen LogP contribution < -0.4 is 4.90 Å². The fourth-order valence-electron chi connectivity index (χ4n) is 3.81. The summed E-state index contributed by atoms with van der Waals surface area (Å²) in [6, 6.07) is 18.6. The minimum atomic E-state index is -2.55. The molecule has 1 heterocycles. The van der Waals surface area contributed by atoms with Crippen LogP contribution in [-0.2, 0) is 12.8 Å². The highest BCUT2D eigenvalue weighted by Gasteiger charge is 2.38. The molecule has 0 aliphatic carbocycles. The van der Waals surface area contributed by atoms with Gasteiger partial charge in [0.15, 0.2) is 0 Å². The average Bonchev–Trinajstić information content (AvgIpc) is 3.23. The second-order valence-electron chi connectivity index (χ2n) is 10.6. The fraction of sp³-hybridized carbons (Fsp3) is 0.576. The first-order valence-corrected chi connectivity index (χ1v) is 13.9. The SMILES string of the molecule is C=C(CCc1ccccc1)C(CC)Cc1ccc(N2CCC(F)(F)C2)cc1.CC.CC.CC(C)(C)C. The van der Waals surface area contributed by atoms with Crippen LogP contribution in [0.5, 0.6) is 0 Å². The minimum Gasteiger partial charge on any atom is -0.365 e. The summed E-state index contributed by atoms with van der Waals surface area (Å²) >= 11 is 0. The third-order valence-corrected chi connectivity index (χ3v) is 5.60. The molecule has 0 bridgehead atoms. The van der Waals surface area contributed by atoms with Gasteiger partial charge in [0, 0.05) is 18.7 Å². The molecule has 204 valence electrons. The summed E-state index contributed by atoms with van der Waals surface area (Å²) in [5.41, 5.74) is 5.29. The van der Waals surface area contributed by atoms with E-state index in [1.165, 1.54) is 16.7 Å². The molecule has 1 unspecified atom stereocenters. The molecule has 1 saturated heterocycles. The molecule has 3 heteroatoms. The predicted molar refractivity (Wildman–Crippen MR) is 157 cm³/mol. The highest BCUT2D eigenvalue weighted by molar-refractivity contribution is 5.49. The van der Waals surface area contributed by atoms with Crippen LogP contribution >= 0.6 is 0 Å². The van der Waals surface area contributed by atoms with Crippen LogP contribution in [0.25, 0.3) is 0 Å². The zero-order chi connectivity index (χ0) is 27.8. The Morgan fingerprint density at radius 3 is 1.89 bits per heavy atom. The fourth-order valence-corrected chi connectivity index (χ4v) is 3.81. The maximum absolute atomic E-state index is 13.4. The summed E-state index contributed by atoms with van der Waals surface area (Å²) in [5.74, 6) is -2.10. The second-order valence-corrected chi connectivity index (χ2v) is 10.6. The van der Waals surface area contributed by atoms with Crippen molar-refractivity contribution in [3.8, 4) is 0 Å². The summed E-state index contributed by atoms with van der Waals surface area (Å²) in [6.07, 6.45) is 4.00. The van der Waals surface area contributed by atoms with Gasteiger partial charge in [0.1, 0.15) is 0 Å². The monoisotopic (exact) mass is 501 g/mol. The molecule has 2 aromatic rings. The molecule has 36 heavy (non-hydrogen) atoms. The van der Waals surface area contributed by atoms with Gasteiger partial charge in [-0.25, -0.2) is 8.78 Å². The molecule has 1 aliphatic heterocycles. The second kappa shape index (κ2) is 17.3. The van der Waals surface area contributed by atoms with Crippen LogP contribution in [0.4, 0.5) is 14.5 Å². The Balaban J connectivity index is 0.00000119. The predicted octanol–water partition coefficient (Wildman–Crippen LogP) is 10.4. The number of benzene rings is 2. The zero-order valence-electron chi connectivity index (χ0n) is 24.6. The number of rotatable bonds is 8. The van der Waals surface area contributed by atoms with Gasteiger partial charge < -0.3 is 4.90 Å². The largest absolute Gasteiger partial charge is 0.365 e. The number of allylic oxidation sites excluding steroid dienone is 1. The Morgan fingerprint density at radius 2 is 1.44 bits per heavy atom. The molecular weight excluding hydrogens is 448 g/mol. The lowest BCUT2D eigenvalue weighted by atomic mass is 9.87. The van der Waals surface area contributed by atoms with Crippen LogP contribution in [-0.4, -0.2) is 19.0 Å². The first-order valence-electron chi connectivity index (χ1n) is 13.9. The standard InChI is InChI=1S/C24H29F2N.C5H12.2C2H6/c1-3-22(19(2)9-10-20-7-5-4-6-8-20)17-21-11-13-23(14-12-21)27-16-15-24(25,26)18-27;1-5(2,3)4;2*1-2/h4-8,11-14,22H,2-3,9-10,15-18H2,1H3;1-4H3;2*1-2H3. The molecule has 0 aromatic heterocycles. The van der Waals surface area contributed by atoms with Crippen molar-refractivity contribution in [1.29, 1.82) is 0 Å². The van der Waals surface area contributed by atoms with Crippen molar-refractivity contribution in [2.24, 2.45) is 11.3 Å². The smallest absolute Gasteiger partial charge is 0.266 e. The number of nitrogens with zero attached hydrogens (tertiary/aromatic N) is 1. The van der Waals surface area contributed by atoms with Crippen molar-refractivity contribution in [1.82, 2.24) is 0 Å². The van der Waals surface area contributed by atoms with Gasteiger partial charge in [-0.3, -0.25) is 0 Å². The molecule has 3 rings (SSSR count). The molecule has 0 spiro atoms. The van der Waals surface area contributed by atoms with E-state index in [1.807, 2.05) is 45.9 Å². The van der Waals surface area contributed by atoms with E-state index in [9.17, 15) is 8.78 Å². The maximum atomic E-state index is 13.4. The van der Waals surface area contributed by atoms with Crippen molar-refractivity contribution < 1.29 is 8.78 Å². The molecule has 0 N–H and O–H groups in total. The lowest BCUT2D eigenvalue weighted by molar-refractivity contribution is 0.0257. The van der Waals surface area contributed by atoms with E-state index in [2.05, 4.69) is 77.6 Å². The Hall–Kier alpha value is -2.16. The highest BCUT2D eigenvalue weighted by atomic mass is 19.3. The van der Waals surface area contributed by atoms with Crippen LogP contribution in [0.15, 0.2) is 66.7 Å². The molecule has 1 aliphatic rings. The molecule has 2 aromatic carbocycles. The van der Waals surface area contributed by atoms with Crippen molar-refractivity contribution in [3.05, 3.63) is 77.9 Å². The summed E-state index contributed by atoms with van der Waals surface area (Å²) < 4.78 is 26.8. The summed E-state index contributed by atoms with van der Waals surface area (Å²) in [5, 5.41) is 0. The van der Waals surface area contributed by atoms with E-state index in [0.717, 1.165) is 31.4 Å². The van der Waals surface area contributed by atoms with E-state index < -0.39 is 5.92 Å². The highest BCUT2D eigenvalue weighted by Crippen LogP contribution is 2.31. The maximum Gasteiger partial charge on any atom is 0.266 e. The van der Waals surface area contributed by atoms with Gasteiger partial charge in [0.05, 0.1) is 6.54 Å². The van der Waals surface area contributed by atoms with Gasteiger partial charge in [0.25, 0.3) is 5.92 Å². The Labute approximate surface area is 222 Å². The van der Waals surface area contributed by atoms with Gasteiger partial charge in [-0.15, -0.1) is 0 Å². The lowest BCUT2D eigenvalue weighted by Crippen LogP contribution is -2.24. The van der Waals surface area contributed by atoms with Gasteiger partial charge in [-0.1, -0.05) is 117 Å². The van der Waals surface area contributed by atoms with Crippen molar-refractivity contribution in [2.75, 3.05) is 18.0 Å². The van der Waals surface area contributed by atoms with Crippen molar-refractivity contribution >= 4 is 5.69 Å². The number of hydrogen-bond donors (Lipinski definition) is 0. The van der Waals surface area contributed by atoms with Gasteiger partial charge >= 0.3 is 0 Å². The van der Waals surface area contributed by atoms with Crippen LogP contribution in [0.3, 0.4) is 0 Å². The summed E-state index contributed by atoms with van der Waals surface area (Å²) in [6.45, 7) is 23.6. The Morgan fingerprint density at radius 1 is 0.917 bits per heavy atom. The topological polar surface area (TPSA) is 3.24 Å². The summed E-state index contributed by atoms with van der Waals surface area (Å²) in [7, 11) is 0. The number of hydrogen-bond acceptors (Lipinski definition) is 1. The molecule has 1 nitrogen and oxygen atoms in total. The number of aryl methyl sites for hydroxylation is 1. The van der Waals surface area contributed by atoms with Crippen molar-refractivity contribution in [2.45, 2.75) is 100 Å². The quantitative estimate of drug-likeness (QED) is 0.325. The molecule has 0 saturated carbocycles. The normalized spacial score (nSPS) is 14.8. The Bertz CT molecular complexity index is 813. The van der Waals surface area contributed by atoms with Gasteiger partial charge in [0.2, 0.25) is 0 Å². The van der Waals surface area contributed by atoms with Gasteiger partial charge in [-0.05, 0) is 60.3 Å². The third kappa shape index (κ3) is 14.4.